The Labute approximate surface area is 124 Å². The average Bonchev–Trinajstić information content (AvgIpc) is 3.23. The highest BCUT2D eigenvalue weighted by atomic mass is 32.2. The van der Waals surface area contributed by atoms with E-state index in [4.69, 9.17) is 22.7 Å². The first kappa shape index (κ1) is 15.4. The number of thiocarbonyl (C=S) groups is 1. The first-order valence-electron chi connectivity index (χ1n) is 6.38. The van der Waals surface area contributed by atoms with Gasteiger partial charge in [-0.1, -0.05) is 30.4 Å². The third-order valence-electron chi connectivity index (χ3n) is 3.21. The molecule has 0 atom stereocenters. The van der Waals surface area contributed by atoms with Crippen LogP contribution in [0.25, 0.3) is 0 Å². The summed E-state index contributed by atoms with van der Waals surface area (Å²) in [7, 11) is -2.04. The van der Waals surface area contributed by atoms with Crippen molar-refractivity contribution in [1.29, 1.82) is 0 Å². The van der Waals surface area contributed by atoms with E-state index in [0.717, 1.165) is 12.8 Å². The third-order valence-corrected chi connectivity index (χ3v) is 5.44. The number of methoxy groups -OCH3 is 1. The Balaban J connectivity index is 2.40. The normalized spacial score (nSPS) is 15.5. The lowest BCUT2D eigenvalue weighted by Crippen LogP contribution is -2.36. The highest BCUT2D eigenvalue weighted by molar-refractivity contribution is 7.89. The van der Waals surface area contributed by atoms with Crippen molar-refractivity contribution < 1.29 is 13.2 Å². The van der Waals surface area contributed by atoms with Gasteiger partial charge in [-0.2, -0.15) is 4.31 Å². The number of nitrogens with zero attached hydrogens (tertiary/aromatic N) is 1. The second-order valence-corrected chi connectivity index (χ2v) is 7.00. The first-order chi connectivity index (χ1) is 9.48. The smallest absolute Gasteiger partial charge is 0.244 e. The minimum absolute atomic E-state index is 0.0644. The first-order valence-corrected chi connectivity index (χ1v) is 8.23. The molecule has 5 nitrogen and oxygen atoms in total. The van der Waals surface area contributed by atoms with Gasteiger partial charge in [0, 0.05) is 25.3 Å². The SMILES string of the molecule is COCCN(C1CC1)S(=O)(=O)c1ccccc1C(N)=S. The molecule has 0 amide bonds. The lowest BCUT2D eigenvalue weighted by molar-refractivity contribution is 0.177. The van der Waals surface area contributed by atoms with E-state index in [1.54, 1.807) is 31.4 Å². The molecule has 0 bridgehead atoms. The fraction of sp³-hybridized carbons (Fsp3) is 0.462. The summed E-state index contributed by atoms with van der Waals surface area (Å²) in [5, 5.41) is 0. The quantitative estimate of drug-likeness (QED) is 0.764. The molecular weight excluding hydrogens is 296 g/mol. The van der Waals surface area contributed by atoms with Gasteiger partial charge in [0.25, 0.3) is 0 Å². The Kier molecular flexibility index (Phi) is 4.74. The van der Waals surface area contributed by atoms with Crippen molar-refractivity contribution in [1.82, 2.24) is 4.31 Å². The van der Waals surface area contributed by atoms with Gasteiger partial charge < -0.3 is 10.5 Å². The van der Waals surface area contributed by atoms with E-state index in [2.05, 4.69) is 0 Å². The molecular formula is C13H18N2O3S2. The van der Waals surface area contributed by atoms with Crippen LogP contribution in [-0.4, -0.2) is 44.0 Å². The molecule has 0 heterocycles. The molecule has 7 heteroatoms. The van der Waals surface area contributed by atoms with Gasteiger partial charge in [-0.3, -0.25) is 0 Å². The predicted molar refractivity (Wildman–Crippen MR) is 81.1 cm³/mol. The van der Waals surface area contributed by atoms with Crippen molar-refractivity contribution in [2.45, 2.75) is 23.8 Å². The Morgan fingerprint density at radius 3 is 2.65 bits per heavy atom. The summed E-state index contributed by atoms with van der Waals surface area (Å²) in [5.41, 5.74) is 6.02. The van der Waals surface area contributed by atoms with Crippen LogP contribution in [0.15, 0.2) is 29.2 Å². The lowest BCUT2D eigenvalue weighted by atomic mass is 10.2. The third kappa shape index (κ3) is 3.17. The van der Waals surface area contributed by atoms with Gasteiger partial charge >= 0.3 is 0 Å². The van der Waals surface area contributed by atoms with E-state index in [1.165, 1.54) is 4.31 Å². The zero-order chi connectivity index (χ0) is 14.8. The van der Waals surface area contributed by atoms with Crippen LogP contribution in [0, 0.1) is 0 Å². The maximum atomic E-state index is 12.8. The van der Waals surface area contributed by atoms with Gasteiger partial charge in [0.15, 0.2) is 0 Å². The second-order valence-electron chi connectivity index (χ2n) is 4.70. The molecule has 0 saturated heterocycles. The fourth-order valence-corrected chi connectivity index (χ4v) is 4.18. The van der Waals surface area contributed by atoms with Crippen LogP contribution in [0.2, 0.25) is 0 Å². The van der Waals surface area contributed by atoms with Gasteiger partial charge in [-0.25, -0.2) is 8.42 Å². The molecule has 0 aromatic heterocycles. The predicted octanol–water partition coefficient (Wildman–Crippen LogP) is 1.12. The zero-order valence-electron chi connectivity index (χ0n) is 11.3. The van der Waals surface area contributed by atoms with E-state index in [0.29, 0.717) is 18.7 Å². The Bertz CT molecular complexity index is 597. The monoisotopic (exact) mass is 314 g/mol. The number of sulfonamides is 1. The van der Waals surface area contributed by atoms with Gasteiger partial charge in [-0.05, 0) is 18.9 Å². The second kappa shape index (κ2) is 6.17. The molecule has 1 fully saturated rings. The molecule has 1 aromatic carbocycles. The summed E-state index contributed by atoms with van der Waals surface area (Å²) in [6, 6.07) is 6.65. The minimum Gasteiger partial charge on any atom is -0.389 e. The number of ether oxygens (including phenoxy) is 1. The van der Waals surface area contributed by atoms with Crippen LogP contribution < -0.4 is 5.73 Å². The summed E-state index contributed by atoms with van der Waals surface area (Å²) < 4.78 is 32.1. The molecule has 2 N–H and O–H groups in total. The number of benzene rings is 1. The maximum absolute atomic E-state index is 12.8. The summed E-state index contributed by atoms with van der Waals surface area (Å²) in [6.45, 7) is 0.708. The standard InChI is InChI=1S/C13H18N2O3S2/c1-18-9-8-15(10-6-7-10)20(16,17)12-5-3-2-4-11(12)13(14)19/h2-5,10H,6-9H2,1H3,(H2,14,19). The van der Waals surface area contributed by atoms with Crippen molar-refractivity contribution in [3.8, 4) is 0 Å². The largest absolute Gasteiger partial charge is 0.389 e. The molecule has 0 unspecified atom stereocenters. The lowest BCUT2D eigenvalue weighted by Gasteiger charge is -2.22. The Morgan fingerprint density at radius 1 is 1.45 bits per heavy atom. The summed E-state index contributed by atoms with van der Waals surface area (Å²) in [6.07, 6.45) is 1.77. The molecule has 1 aliphatic rings. The van der Waals surface area contributed by atoms with E-state index >= 15 is 0 Å². The minimum atomic E-state index is -3.60. The van der Waals surface area contributed by atoms with E-state index in [9.17, 15) is 8.42 Å². The van der Waals surface area contributed by atoms with Gasteiger partial charge in [0.2, 0.25) is 10.0 Å². The fourth-order valence-electron chi connectivity index (χ4n) is 2.06. The van der Waals surface area contributed by atoms with Crippen LogP contribution >= 0.6 is 12.2 Å². The topological polar surface area (TPSA) is 72.6 Å². The molecule has 20 heavy (non-hydrogen) atoms. The Hall–Kier alpha value is -1.02. The summed E-state index contributed by atoms with van der Waals surface area (Å²) in [4.78, 5) is 0.266. The number of hydrogen-bond donors (Lipinski definition) is 1. The van der Waals surface area contributed by atoms with Crippen molar-refractivity contribution in [3.05, 3.63) is 29.8 Å². The molecule has 110 valence electrons. The van der Waals surface area contributed by atoms with Gasteiger partial charge in [0.1, 0.15) is 4.99 Å². The number of nitrogens with two attached hydrogens (primary N) is 1. The molecule has 0 aliphatic heterocycles. The van der Waals surface area contributed by atoms with E-state index in [1.807, 2.05) is 0 Å². The summed E-state index contributed by atoms with van der Waals surface area (Å²) in [5.74, 6) is 0. The molecule has 0 radical (unpaired) electrons. The maximum Gasteiger partial charge on any atom is 0.244 e. The number of rotatable bonds is 7. The zero-order valence-corrected chi connectivity index (χ0v) is 12.9. The van der Waals surface area contributed by atoms with Crippen LogP contribution in [0.5, 0.6) is 0 Å². The van der Waals surface area contributed by atoms with E-state index < -0.39 is 10.0 Å². The molecule has 1 saturated carbocycles. The highest BCUT2D eigenvalue weighted by Gasteiger charge is 2.38. The molecule has 0 spiro atoms. The van der Waals surface area contributed by atoms with Crippen LogP contribution in [-0.2, 0) is 14.8 Å². The van der Waals surface area contributed by atoms with Gasteiger partial charge in [-0.15, -0.1) is 0 Å². The van der Waals surface area contributed by atoms with Crippen LogP contribution in [0.1, 0.15) is 18.4 Å². The van der Waals surface area contributed by atoms with Crippen LogP contribution in [0.3, 0.4) is 0 Å². The highest BCUT2D eigenvalue weighted by Crippen LogP contribution is 2.32. The van der Waals surface area contributed by atoms with Crippen LogP contribution in [0.4, 0.5) is 0 Å². The van der Waals surface area contributed by atoms with E-state index in [-0.39, 0.29) is 15.9 Å². The average molecular weight is 314 g/mol. The molecule has 1 aliphatic carbocycles. The van der Waals surface area contributed by atoms with Gasteiger partial charge in [0.05, 0.1) is 11.5 Å². The molecule has 2 rings (SSSR count). The molecule has 1 aromatic rings. The Morgan fingerprint density at radius 2 is 2.10 bits per heavy atom. The number of hydrogen-bond acceptors (Lipinski definition) is 4. The van der Waals surface area contributed by atoms with Crippen molar-refractivity contribution >= 4 is 27.2 Å². The van der Waals surface area contributed by atoms with Crippen molar-refractivity contribution in [3.63, 3.8) is 0 Å². The van der Waals surface area contributed by atoms with Crippen molar-refractivity contribution in [2.75, 3.05) is 20.3 Å². The van der Waals surface area contributed by atoms with Crippen molar-refractivity contribution in [2.24, 2.45) is 5.73 Å². The summed E-state index contributed by atoms with van der Waals surface area (Å²) >= 11 is 4.94.